The zero-order chi connectivity index (χ0) is 34.2. The Morgan fingerprint density at radius 2 is 1.23 bits per heavy atom. The summed E-state index contributed by atoms with van der Waals surface area (Å²) in [5, 5.41) is 18.5. The molecule has 4 atom stereocenters. The van der Waals surface area contributed by atoms with E-state index in [-0.39, 0.29) is 30.3 Å². The summed E-state index contributed by atoms with van der Waals surface area (Å²) in [7, 11) is 0. The number of carbonyl (C=O) groups is 4. The van der Waals surface area contributed by atoms with Crippen LogP contribution in [-0.2, 0) is 32.2 Å². The van der Waals surface area contributed by atoms with Crippen LogP contribution in [0.2, 0.25) is 0 Å². The first-order valence-electron chi connectivity index (χ1n) is 16.6. The zero-order valence-corrected chi connectivity index (χ0v) is 27.1. The molecule has 0 radical (unpaired) electrons. The van der Waals surface area contributed by atoms with E-state index in [1.807, 2.05) is 53.4 Å². The minimum absolute atomic E-state index is 0.237. The van der Waals surface area contributed by atoms with Gasteiger partial charge in [0.05, 0.1) is 19.0 Å². The van der Waals surface area contributed by atoms with Gasteiger partial charge in [-0.1, -0.05) is 30.7 Å². The van der Waals surface area contributed by atoms with Crippen molar-refractivity contribution in [1.82, 2.24) is 9.80 Å². The molecule has 4 aliphatic heterocycles. The van der Waals surface area contributed by atoms with Crippen molar-refractivity contribution < 1.29 is 38.9 Å². The Morgan fingerprint density at radius 1 is 0.688 bits per heavy atom. The van der Waals surface area contributed by atoms with Crippen LogP contribution >= 0.6 is 0 Å². The van der Waals surface area contributed by atoms with Crippen molar-refractivity contribution in [2.75, 3.05) is 55.6 Å². The number of ether oxygens (including phenoxy) is 2. The Kier molecular flexibility index (Phi) is 11.9. The molecule has 4 fully saturated rings. The maximum Gasteiger partial charge on any atom is 0.414 e. The van der Waals surface area contributed by atoms with Gasteiger partial charge in [-0.2, -0.15) is 0 Å². The van der Waals surface area contributed by atoms with Crippen LogP contribution in [0, 0.1) is 5.92 Å². The summed E-state index contributed by atoms with van der Waals surface area (Å²) >= 11 is 0. The highest BCUT2D eigenvalue weighted by molar-refractivity contribution is 5.90. The van der Waals surface area contributed by atoms with Gasteiger partial charge in [0, 0.05) is 44.1 Å². The monoisotopic (exact) mass is 666 g/mol. The van der Waals surface area contributed by atoms with Crippen LogP contribution in [0.15, 0.2) is 48.5 Å². The number of anilines is 2. The molecule has 0 bridgehead atoms. The fourth-order valence-electron chi connectivity index (χ4n) is 6.74. The van der Waals surface area contributed by atoms with Crippen LogP contribution in [-0.4, -0.2) is 108 Å². The lowest BCUT2D eigenvalue weighted by Crippen LogP contribution is -2.48. The Morgan fingerprint density at radius 3 is 1.73 bits per heavy atom. The van der Waals surface area contributed by atoms with Gasteiger partial charge in [0.1, 0.15) is 18.2 Å². The number of piperidine rings is 2. The molecule has 2 amide bonds. The van der Waals surface area contributed by atoms with Gasteiger partial charge in [-0.05, 0) is 74.2 Å². The molecule has 0 spiro atoms. The second-order valence-electron chi connectivity index (χ2n) is 12.8. The standard InChI is InChI=1S/2C17H23N3O4/c18-8-12-3-5-14(6-4-12)20-11-15(24-17(20)23)10-19-7-1-2-13(9-19)16(21)22;18-9-12-4-6-13(7-5-12)20-11-14(24-17(20)23)10-19-8-2-1-3-15(19)16(21)22/h3-6,13,15H,1-2,7-11,18H2,(H,21,22);4-7,14-15H,1-3,8-11,18H2,(H,21,22). The lowest BCUT2D eigenvalue weighted by atomic mass is 9.98. The molecular weight excluding hydrogens is 620 g/mol. The Hall–Kier alpha value is -4.24. The first-order chi connectivity index (χ1) is 23.1. The molecule has 4 unspecified atom stereocenters. The van der Waals surface area contributed by atoms with E-state index in [2.05, 4.69) is 4.90 Å². The summed E-state index contributed by atoms with van der Waals surface area (Å²) < 4.78 is 10.9. The number of hydrogen-bond donors (Lipinski definition) is 4. The fourth-order valence-corrected chi connectivity index (χ4v) is 6.74. The third kappa shape index (κ3) is 8.81. The second kappa shape index (κ2) is 16.2. The molecule has 14 nitrogen and oxygen atoms in total. The predicted molar refractivity (Wildman–Crippen MR) is 178 cm³/mol. The zero-order valence-electron chi connectivity index (χ0n) is 27.1. The van der Waals surface area contributed by atoms with E-state index < -0.39 is 18.0 Å². The highest BCUT2D eigenvalue weighted by Gasteiger charge is 2.38. The number of hydrogen-bond acceptors (Lipinski definition) is 10. The van der Waals surface area contributed by atoms with Gasteiger partial charge in [-0.3, -0.25) is 29.2 Å². The van der Waals surface area contributed by atoms with Crippen molar-refractivity contribution >= 4 is 35.5 Å². The molecule has 48 heavy (non-hydrogen) atoms. The number of aliphatic carboxylic acids is 2. The van der Waals surface area contributed by atoms with E-state index in [9.17, 15) is 24.3 Å². The van der Waals surface area contributed by atoms with Crippen LogP contribution in [0.5, 0.6) is 0 Å². The molecule has 4 saturated heterocycles. The number of rotatable bonds is 10. The summed E-state index contributed by atoms with van der Waals surface area (Å²) in [6.45, 7) is 4.98. The van der Waals surface area contributed by atoms with Crippen molar-refractivity contribution in [1.29, 1.82) is 0 Å². The van der Waals surface area contributed by atoms with Crippen LogP contribution in [0.1, 0.15) is 43.2 Å². The maximum absolute atomic E-state index is 12.1. The molecule has 2 aromatic rings. The first-order valence-corrected chi connectivity index (χ1v) is 16.6. The number of carbonyl (C=O) groups excluding carboxylic acids is 2. The summed E-state index contributed by atoms with van der Waals surface area (Å²) in [6, 6.07) is 14.5. The molecule has 0 aromatic heterocycles. The van der Waals surface area contributed by atoms with E-state index in [1.165, 1.54) is 0 Å². The number of likely N-dealkylation sites (tertiary alicyclic amines) is 2. The van der Waals surface area contributed by atoms with E-state index in [4.69, 9.17) is 26.0 Å². The number of carboxylic acid groups (broad SMARTS) is 2. The van der Waals surface area contributed by atoms with E-state index in [0.717, 1.165) is 61.3 Å². The highest BCUT2D eigenvalue weighted by Crippen LogP contribution is 2.26. The van der Waals surface area contributed by atoms with Gasteiger partial charge in [0.15, 0.2) is 0 Å². The molecule has 4 aliphatic rings. The lowest BCUT2D eigenvalue weighted by molar-refractivity contribution is -0.145. The number of amides is 2. The topological polar surface area (TPSA) is 192 Å². The number of cyclic esters (lactones) is 2. The Balaban J connectivity index is 0.000000188. The molecular formula is C34H46N6O8. The van der Waals surface area contributed by atoms with E-state index >= 15 is 0 Å². The smallest absolute Gasteiger partial charge is 0.414 e. The number of nitrogens with two attached hydrogens (primary N) is 2. The quantitative estimate of drug-likeness (QED) is 0.290. The Bertz CT molecular complexity index is 1420. The summed E-state index contributed by atoms with van der Waals surface area (Å²) in [4.78, 5) is 54.0. The number of benzene rings is 2. The van der Waals surface area contributed by atoms with Gasteiger partial charge >= 0.3 is 24.1 Å². The van der Waals surface area contributed by atoms with Crippen LogP contribution in [0.25, 0.3) is 0 Å². The minimum Gasteiger partial charge on any atom is -0.481 e. The van der Waals surface area contributed by atoms with Crippen LogP contribution in [0.3, 0.4) is 0 Å². The molecule has 14 heteroatoms. The molecule has 0 saturated carbocycles. The van der Waals surface area contributed by atoms with Crippen LogP contribution < -0.4 is 21.3 Å². The molecule has 260 valence electrons. The minimum atomic E-state index is -0.798. The highest BCUT2D eigenvalue weighted by atomic mass is 16.6. The normalized spacial score (nSPS) is 24.9. The van der Waals surface area contributed by atoms with Gasteiger partial charge in [-0.15, -0.1) is 0 Å². The Labute approximate surface area is 280 Å². The van der Waals surface area contributed by atoms with Gasteiger partial charge in [-0.25, -0.2) is 9.59 Å². The number of nitrogens with zero attached hydrogens (tertiary/aromatic N) is 4. The molecule has 4 heterocycles. The average Bonchev–Trinajstić information content (AvgIpc) is 3.65. The third-order valence-electron chi connectivity index (χ3n) is 9.37. The molecule has 6 N–H and O–H groups in total. The van der Waals surface area contributed by atoms with Crippen molar-refractivity contribution in [3.8, 4) is 0 Å². The maximum atomic E-state index is 12.1. The van der Waals surface area contributed by atoms with Crippen molar-refractivity contribution in [2.45, 2.75) is 63.4 Å². The molecule has 2 aromatic carbocycles. The first kappa shape index (κ1) is 35.1. The van der Waals surface area contributed by atoms with Gasteiger partial charge in [0.2, 0.25) is 0 Å². The van der Waals surface area contributed by atoms with E-state index in [1.54, 1.807) is 9.80 Å². The SMILES string of the molecule is NCc1ccc(N2CC(CN3CCCC(C(=O)O)C3)OC2=O)cc1.NCc1ccc(N2CC(CN3CCCCC3C(=O)O)OC2=O)cc1. The van der Waals surface area contributed by atoms with Crippen LogP contribution in [0.4, 0.5) is 21.0 Å². The predicted octanol–water partition coefficient (Wildman–Crippen LogP) is 2.68. The van der Waals surface area contributed by atoms with Crippen molar-refractivity contribution in [2.24, 2.45) is 17.4 Å². The van der Waals surface area contributed by atoms with Gasteiger partial charge < -0.3 is 31.2 Å². The summed E-state index contributed by atoms with van der Waals surface area (Å²) in [5.74, 6) is -1.87. The fraction of sp³-hybridized carbons (Fsp3) is 0.529. The molecule has 0 aliphatic carbocycles. The summed E-state index contributed by atoms with van der Waals surface area (Å²) in [6.07, 6.45) is 2.85. The van der Waals surface area contributed by atoms with E-state index in [0.29, 0.717) is 52.2 Å². The largest absolute Gasteiger partial charge is 0.481 e. The average molecular weight is 667 g/mol. The van der Waals surface area contributed by atoms with Gasteiger partial charge in [0.25, 0.3) is 0 Å². The molecule has 6 rings (SSSR count). The second-order valence-corrected chi connectivity index (χ2v) is 12.8. The number of carboxylic acids is 2. The van der Waals surface area contributed by atoms with Crippen molar-refractivity contribution in [3.05, 3.63) is 59.7 Å². The summed E-state index contributed by atoms with van der Waals surface area (Å²) in [5.41, 5.74) is 14.7. The van der Waals surface area contributed by atoms with Crippen molar-refractivity contribution in [3.63, 3.8) is 0 Å². The lowest BCUT2D eigenvalue weighted by Gasteiger charge is -2.33. The third-order valence-corrected chi connectivity index (χ3v) is 9.37.